The molecule has 0 aliphatic carbocycles. The van der Waals surface area contributed by atoms with E-state index in [1.54, 1.807) is 11.9 Å². The molecule has 236 valence electrons. The van der Waals surface area contributed by atoms with Crippen LogP contribution in [0, 0.1) is 25.7 Å². The molecule has 1 fully saturated rings. The number of allylic oxidation sites excluding steroid dienone is 1. The number of fused-ring (bicyclic) bond motifs is 1. The second-order valence-corrected chi connectivity index (χ2v) is 13.7. The number of aliphatic imine (C=N–C) groups is 1. The molecule has 3 atom stereocenters. The summed E-state index contributed by atoms with van der Waals surface area (Å²) in [6.45, 7) is 12.1. The zero-order valence-corrected chi connectivity index (χ0v) is 27.2. The van der Waals surface area contributed by atoms with Crippen molar-refractivity contribution in [2.24, 2.45) is 16.8 Å². The van der Waals surface area contributed by atoms with E-state index in [1.807, 2.05) is 31.7 Å². The number of aromatic amines is 2. The summed E-state index contributed by atoms with van der Waals surface area (Å²) >= 11 is 1.68. The molecule has 2 aromatic rings. The highest BCUT2D eigenvalue weighted by Gasteiger charge is 2.77. The number of nitrogens with zero attached hydrogens (tertiary/aromatic N) is 2. The minimum Gasteiger partial charge on any atom is -0.481 e. The van der Waals surface area contributed by atoms with E-state index >= 15 is 0 Å². The molecule has 5 N–H and O–H groups in total. The van der Waals surface area contributed by atoms with Crippen molar-refractivity contribution in [3.8, 4) is 0 Å². The molecule has 11 heteroatoms. The lowest BCUT2D eigenvalue weighted by atomic mass is 9.85. The molecule has 2 aromatic heterocycles. The van der Waals surface area contributed by atoms with E-state index in [-0.39, 0.29) is 29.5 Å². The average Bonchev–Trinajstić information content (AvgIpc) is 3.27. The first-order chi connectivity index (χ1) is 20.8. The molecule has 0 saturated carbocycles. The number of amides is 1. The Labute approximate surface area is 261 Å². The Bertz CT molecular complexity index is 1640. The standard InChI is InChI=1S/C33H42N4O6S/c1-7-20-16(3)25(36-31(20)42)13-24-17(4)21(9-11-29(38)39)26(34-24)14-27-22(10-12-30(40)41)18(5)28(35-27)15-33-23(8-2)19(6)32(43)37(33)44-33/h19,23,34-35H,7-15H2,1-6H3,(H2,38,39,40,41)/p+1/t19-,23-,33-,37?/m1/s1. The van der Waals surface area contributed by atoms with Crippen LogP contribution < -0.4 is 0 Å². The number of aliphatic carboxylic acids is 2. The summed E-state index contributed by atoms with van der Waals surface area (Å²) in [6, 6.07) is 0. The fourth-order valence-corrected chi connectivity index (χ4v) is 8.91. The third-order valence-corrected chi connectivity index (χ3v) is 11.4. The van der Waals surface area contributed by atoms with Gasteiger partial charge in [-0.1, -0.05) is 13.8 Å². The summed E-state index contributed by atoms with van der Waals surface area (Å²) in [6.07, 6.45) is 3.88. The van der Waals surface area contributed by atoms with Crippen LogP contribution in [0.3, 0.4) is 0 Å². The van der Waals surface area contributed by atoms with Crippen LogP contribution in [0.5, 0.6) is 0 Å². The van der Waals surface area contributed by atoms with Crippen molar-refractivity contribution in [3.05, 3.63) is 56.2 Å². The lowest BCUT2D eigenvalue weighted by Gasteiger charge is -2.15. The third-order valence-electron chi connectivity index (χ3n) is 9.98. The van der Waals surface area contributed by atoms with Crippen molar-refractivity contribution >= 4 is 41.4 Å². The molecule has 0 unspecified atom stereocenters. The summed E-state index contributed by atoms with van der Waals surface area (Å²) in [5.74, 6) is -1.11. The second kappa shape index (κ2) is 12.1. The summed E-state index contributed by atoms with van der Waals surface area (Å²) in [5, 5.41) is 29.7. The molecular weight excluding hydrogens is 580 g/mol. The van der Waals surface area contributed by atoms with Gasteiger partial charge in [0, 0.05) is 54.0 Å². The number of carboxylic acid groups (broad SMARTS) is 2. The van der Waals surface area contributed by atoms with Crippen molar-refractivity contribution in [1.29, 1.82) is 0 Å². The first-order valence-corrected chi connectivity index (χ1v) is 16.3. The van der Waals surface area contributed by atoms with Gasteiger partial charge in [-0.25, -0.2) is 4.99 Å². The lowest BCUT2D eigenvalue weighted by molar-refractivity contribution is -0.336. The van der Waals surface area contributed by atoms with Gasteiger partial charge in [0.05, 0.1) is 24.0 Å². The highest BCUT2D eigenvalue weighted by atomic mass is 32.2. The molecule has 3 aliphatic heterocycles. The van der Waals surface area contributed by atoms with Crippen LogP contribution in [0.2, 0.25) is 0 Å². The van der Waals surface area contributed by atoms with Crippen LogP contribution in [0.15, 0.2) is 16.1 Å². The predicted octanol–water partition coefficient (Wildman–Crippen LogP) is 5.38. The topological polar surface area (TPSA) is 159 Å². The van der Waals surface area contributed by atoms with E-state index in [9.17, 15) is 29.7 Å². The third kappa shape index (κ3) is 5.55. The number of aliphatic hydroxyl groups excluding tert-OH is 1. The normalized spacial score (nSPS) is 22.7. The van der Waals surface area contributed by atoms with Gasteiger partial charge in [-0.3, -0.25) is 14.4 Å². The fraction of sp³-hybridized carbons (Fsp3) is 0.545. The molecule has 1 amide bonds. The molecule has 5 rings (SSSR count). The van der Waals surface area contributed by atoms with Gasteiger partial charge < -0.3 is 25.3 Å². The van der Waals surface area contributed by atoms with Crippen LogP contribution in [0.4, 0.5) is 0 Å². The van der Waals surface area contributed by atoms with E-state index < -0.39 is 11.9 Å². The summed E-state index contributed by atoms with van der Waals surface area (Å²) in [7, 11) is 0. The minimum absolute atomic E-state index is 0.000434. The number of rotatable bonds is 14. The summed E-state index contributed by atoms with van der Waals surface area (Å²) in [4.78, 5) is 46.9. The molecule has 0 spiro atoms. The maximum atomic E-state index is 12.4. The summed E-state index contributed by atoms with van der Waals surface area (Å²) in [5.41, 5.74) is 10.0. The minimum atomic E-state index is -0.877. The van der Waals surface area contributed by atoms with Crippen LogP contribution in [0.25, 0.3) is 0 Å². The van der Waals surface area contributed by atoms with E-state index in [0.717, 1.165) is 68.3 Å². The van der Waals surface area contributed by atoms with E-state index in [0.29, 0.717) is 50.3 Å². The largest absolute Gasteiger partial charge is 0.481 e. The number of H-pyrrole nitrogens is 2. The number of carboxylic acids is 2. The van der Waals surface area contributed by atoms with Crippen molar-refractivity contribution in [2.45, 2.75) is 104 Å². The van der Waals surface area contributed by atoms with Crippen LogP contribution in [0.1, 0.15) is 98.4 Å². The monoisotopic (exact) mass is 623 g/mol. The Morgan fingerprint density at radius 3 is 2.02 bits per heavy atom. The second-order valence-electron chi connectivity index (χ2n) is 12.4. The quantitative estimate of drug-likeness (QED) is 0.107. The zero-order valence-electron chi connectivity index (χ0n) is 26.4. The molecule has 5 heterocycles. The number of hydrogen-bond donors (Lipinski definition) is 5. The molecule has 0 aromatic carbocycles. The number of hydrogen-bond acceptors (Lipinski definition) is 4. The maximum absolute atomic E-state index is 12.4. The van der Waals surface area contributed by atoms with Crippen molar-refractivity contribution in [1.82, 2.24) is 9.97 Å². The molecule has 3 aliphatic rings. The summed E-state index contributed by atoms with van der Waals surface area (Å²) < 4.78 is 2.03. The Morgan fingerprint density at radius 1 is 0.932 bits per heavy atom. The Kier molecular flexibility index (Phi) is 8.72. The van der Waals surface area contributed by atoms with Gasteiger partial charge in [0.2, 0.25) is 11.9 Å². The average molecular weight is 624 g/mol. The predicted molar refractivity (Wildman–Crippen MR) is 170 cm³/mol. The van der Waals surface area contributed by atoms with E-state index in [4.69, 9.17) is 0 Å². The van der Waals surface area contributed by atoms with Crippen LogP contribution >= 0.6 is 11.9 Å². The highest BCUT2D eigenvalue weighted by Crippen LogP contribution is 2.62. The van der Waals surface area contributed by atoms with E-state index in [2.05, 4.69) is 28.8 Å². The zero-order chi connectivity index (χ0) is 32.1. The van der Waals surface area contributed by atoms with Crippen LogP contribution in [-0.2, 0) is 46.5 Å². The van der Waals surface area contributed by atoms with Crippen molar-refractivity contribution in [3.63, 3.8) is 0 Å². The number of aliphatic hydroxyl groups is 1. The first-order valence-electron chi connectivity index (χ1n) is 15.5. The molecule has 0 radical (unpaired) electrons. The Morgan fingerprint density at radius 2 is 1.50 bits per heavy atom. The molecule has 1 saturated heterocycles. The molecule has 0 bridgehead atoms. The van der Waals surface area contributed by atoms with Gasteiger partial charge >= 0.3 is 17.8 Å². The number of carbonyl (C=O) groups is 3. The SMILES string of the molecule is CCC1=C(C)C(Cc2[nH]c(Cc3[nH]c(C[C@]45S[N+]4=C(O)[C@H](C)[C@H]5CC)c(C)c3CCC(=O)O)c(CCC(=O)O)c2C)=NC1=O. The van der Waals surface area contributed by atoms with Crippen LogP contribution in [-0.4, -0.2) is 63.6 Å². The number of nitrogens with one attached hydrogen (secondary N) is 2. The maximum Gasteiger partial charge on any atom is 0.352 e. The van der Waals surface area contributed by atoms with Gasteiger partial charge in [-0.15, -0.1) is 3.98 Å². The smallest absolute Gasteiger partial charge is 0.352 e. The van der Waals surface area contributed by atoms with Gasteiger partial charge in [0.1, 0.15) is 0 Å². The van der Waals surface area contributed by atoms with Gasteiger partial charge in [0.25, 0.3) is 10.8 Å². The molecule has 44 heavy (non-hydrogen) atoms. The highest BCUT2D eigenvalue weighted by molar-refractivity contribution is 7.99. The van der Waals surface area contributed by atoms with E-state index in [1.165, 1.54) is 0 Å². The lowest BCUT2D eigenvalue weighted by Crippen LogP contribution is -2.28. The fourth-order valence-electron chi connectivity index (χ4n) is 7.37. The molecule has 10 nitrogen and oxygen atoms in total. The van der Waals surface area contributed by atoms with Gasteiger partial charge in [0.15, 0.2) is 0 Å². The Balaban J connectivity index is 1.51. The number of carbonyl (C=O) groups excluding carboxylic acids is 1. The first kappa shape index (κ1) is 31.8. The Hall–Kier alpha value is -3.60. The number of aromatic nitrogens is 2. The van der Waals surface area contributed by atoms with Gasteiger partial charge in [-0.2, -0.15) is 0 Å². The van der Waals surface area contributed by atoms with Crippen molar-refractivity contribution in [2.75, 3.05) is 0 Å². The van der Waals surface area contributed by atoms with Crippen molar-refractivity contribution < 1.29 is 33.7 Å². The molecular formula is C33H43N4O6S+. The van der Waals surface area contributed by atoms with Gasteiger partial charge in [-0.05, 0) is 81.2 Å².